The van der Waals surface area contributed by atoms with Crippen LogP contribution in [0.1, 0.15) is 48.8 Å². The molecule has 2 bridgehead atoms. The first-order valence-corrected chi connectivity index (χ1v) is 14.0. The fourth-order valence-electron chi connectivity index (χ4n) is 4.77. The molecule has 4 aromatic rings. The Bertz CT molecular complexity index is 1670. The molecule has 2 amide bonds. The predicted molar refractivity (Wildman–Crippen MR) is 160 cm³/mol. The van der Waals surface area contributed by atoms with Crippen molar-refractivity contribution in [1.29, 1.82) is 0 Å². The summed E-state index contributed by atoms with van der Waals surface area (Å²) in [6.07, 6.45) is 6.73. The van der Waals surface area contributed by atoms with Crippen molar-refractivity contribution in [2.24, 2.45) is 0 Å². The highest BCUT2D eigenvalue weighted by Gasteiger charge is 2.22. The third-order valence-corrected chi connectivity index (χ3v) is 7.14. The van der Waals surface area contributed by atoms with Crippen LogP contribution in [0.3, 0.4) is 0 Å². The molecule has 13 nitrogen and oxygen atoms in total. The first-order valence-electron chi connectivity index (χ1n) is 13.6. The highest BCUT2D eigenvalue weighted by Crippen LogP contribution is 2.34. The summed E-state index contributed by atoms with van der Waals surface area (Å²) in [5, 5.41) is 20.8. The highest BCUT2D eigenvalue weighted by molar-refractivity contribution is 6.30. The molecule has 0 fully saturated rings. The smallest absolute Gasteiger partial charge is 0.325 e. The van der Waals surface area contributed by atoms with Crippen LogP contribution in [0.5, 0.6) is 0 Å². The number of aromatic nitrogens is 6. The van der Waals surface area contributed by atoms with Gasteiger partial charge in [-0.05, 0) is 72.7 Å². The van der Waals surface area contributed by atoms with Crippen molar-refractivity contribution in [2.45, 2.75) is 38.6 Å². The van der Waals surface area contributed by atoms with Crippen LogP contribution in [0.2, 0.25) is 5.02 Å². The lowest BCUT2D eigenvalue weighted by Gasteiger charge is -2.17. The van der Waals surface area contributed by atoms with Gasteiger partial charge < -0.3 is 25.7 Å². The lowest BCUT2D eigenvalue weighted by atomic mass is 10.0. The molecule has 1 atom stereocenters. The van der Waals surface area contributed by atoms with E-state index in [4.69, 9.17) is 21.3 Å². The number of hydrogen-bond acceptors (Lipinski definition) is 9. The van der Waals surface area contributed by atoms with Crippen molar-refractivity contribution in [1.82, 2.24) is 35.5 Å². The number of aromatic amines is 1. The van der Waals surface area contributed by atoms with Gasteiger partial charge in [0.2, 0.25) is 11.8 Å². The topological polar surface area (TPSA) is 169 Å². The number of fused-ring (bicyclic) bond motifs is 4. The highest BCUT2D eigenvalue weighted by atomic mass is 35.5. The SMILES string of the molecule is COC(=O)CNc1ccc2c(c1)NC(=O)CCCC[C@H](NC(=O)/C=C/c1cc(Cl)ccc1-n1cnnn1)c1nc-2c(C)[nH]1. The minimum absolute atomic E-state index is 0.0130. The van der Waals surface area contributed by atoms with Gasteiger partial charge in [0.1, 0.15) is 18.7 Å². The molecule has 1 aliphatic rings. The Labute approximate surface area is 252 Å². The number of amides is 2. The number of hydrogen-bond donors (Lipinski definition) is 4. The second-order valence-corrected chi connectivity index (χ2v) is 10.4. The molecule has 43 heavy (non-hydrogen) atoms. The van der Waals surface area contributed by atoms with E-state index in [2.05, 4.69) is 36.5 Å². The number of H-pyrrole nitrogens is 1. The van der Waals surface area contributed by atoms with Gasteiger partial charge in [-0.2, -0.15) is 4.68 Å². The van der Waals surface area contributed by atoms with E-state index in [1.54, 1.807) is 36.4 Å². The fourth-order valence-corrected chi connectivity index (χ4v) is 4.95. The van der Waals surface area contributed by atoms with Gasteiger partial charge in [0, 0.05) is 40.0 Å². The van der Waals surface area contributed by atoms with E-state index >= 15 is 0 Å². The molecule has 3 heterocycles. The molecule has 0 radical (unpaired) electrons. The van der Waals surface area contributed by atoms with Crippen LogP contribution in [-0.2, 0) is 19.1 Å². The Kier molecular flexibility index (Phi) is 9.11. The number of carbonyl (C=O) groups excluding carboxylic acids is 3. The van der Waals surface area contributed by atoms with Crippen molar-refractivity contribution in [3.05, 3.63) is 70.9 Å². The van der Waals surface area contributed by atoms with Crippen molar-refractivity contribution < 1.29 is 19.1 Å². The molecule has 0 aliphatic carbocycles. The maximum Gasteiger partial charge on any atom is 0.325 e. The van der Waals surface area contributed by atoms with Crippen LogP contribution in [0.4, 0.5) is 11.4 Å². The summed E-state index contributed by atoms with van der Waals surface area (Å²) in [7, 11) is 1.32. The summed E-state index contributed by atoms with van der Waals surface area (Å²) in [4.78, 5) is 45.7. The molecule has 1 aliphatic heterocycles. The van der Waals surface area contributed by atoms with Gasteiger partial charge in [-0.3, -0.25) is 14.4 Å². The average molecular weight is 604 g/mol. The molecule has 4 N–H and O–H groups in total. The fraction of sp³-hybridized carbons (Fsp3) is 0.276. The van der Waals surface area contributed by atoms with Gasteiger partial charge in [0.15, 0.2) is 0 Å². The van der Waals surface area contributed by atoms with E-state index in [9.17, 15) is 14.4 Å². The van der Waals surface area contributed by atoms with Gasteiger partial charge in [-0.15, -0.1) is 5.10 Å². The minimum atomic E-state index is -0.421. The number of nitrogens with zero attached hydrogens (tertiary/aromatic N) is 5. The number of ether oxygens (including phenoxy) is 1. The van der Waals surface area contributed by atoms with E-state index in [-0.39, 0.29) is 18.4 Å². The first-order chi connectivity index (χ1) is 20.8. The predicted octanol–water partition coefficient (Wildman–Crippen LogP) is 3.98. The molecule has 0 saturated heterocycles. The standard InChI is InChI=1S/C29H30ClN9O4/c1-17-28-21-10-9-20(31-15-27(42)43-2)14-23(21)35-25(40)6-4-3-5-22(29(33-17)36-28)34-26(41)12-7-18-13-19(30)8-11-24(18)39-16-32-37-38-39/h7-14,16,22,31H,3-6,15H2,1-2H3,(H,33,36)(H,34,41)(H,35,40)/b12-7+/t22-/m0/s1. The van der Waals surface area contributed by atoms with Crippen LogP contribution in [0.15, 0.2) is 48.8 Å². The van der Waals surface area contributed by atoms with E-state index in [1.165, 1.54) is 24.2 Å². The number of methoxy groups -OCH3 is 1. The van der Waals surface area contributed by atoms with Crippen molar-refractivity contribution >= 4 is 46.8 Å². The van der Waals surface area contributed by atoms with Crippen LogP contribution in [0, 0.1) is 6.92 Å². The number of carbonyl (C=O) groups is 3. The second-order valence-electron chi connectivity index (χ2n) is 9.93. The molecule has 2 aromatic carbocycles. The number of rotatable bonds is 7. The Balaban J connectivity index is 1.40. The zero-order valence-corrected chi connectivity index (χ0v) is 24.3. The van der Waals surface area contributed by atoms with Gasteiger partial charge in [0.25, 0.3) is 0 Å². The molecule has 0 saturated carbocycles. The third kappa shape index (κ3) is 7.25. The number of imidazole rings is 1. The number of tetrazole rings is 1. The Morgan fingerprint density at radius 3 is 2.86 bits per heavy atom. The number of esters is 1. The van der Waals surface area contributed by atoms with Crippen molar-refractivity contribution in [3.8, 4) is 16.9 Å². The second kappa shape index (κ2) is 13.3. The normalized spacial score (nSPS) is 15.1. The molecular formula is C29H30ClN9O4. The van der Waals surface area contributed by atoms with E-state index in [0.29, 0.717) is 70.4 Å². The molecule has 5 rings (SSSR count). The first kappa shape index (κ1) is 29.5. The maximum absolute atomic E-state index is 13.1. The molecule has 2 aromatic heterocycles. The van der Waals surface area contributed by atoms with Crippen LogP contribution in [0.25, 0.3) is 23.0 Å². The number of aryl methyl sites for hydroxylation is 1. The summed E-state index contributed by atoms with van der Waals surface area (Å²) in [5.74, 6) is -0.260. The number of benzene rings is 2. The summed E-state index contributed by atoms with van der Waals surface area (Å²) >= 11 is 6.21. The van der Waals surface area contributed by atoms with Gasteiger partial charge in [-0.1, -0.05) is 18.0 Å². The quantitative estimate of drug-likeness (QED) is 0.180. The Morgan fingerprint density at radius 1 is 1.21 bits per heavy atom. The molecule has 0 spiro atoms. The van der Waals surface area contributed by atoms with Crippen LogP contribution in [-0.4, -0.2) is 61.6 Å². The van der Waals surface area contributed by atoms with Crippen molar-refractivity contribution in [2.75, 3.05) is 24.3 Å². The summed E-state index contributed by atoms with van der Waals surface area (Å²) in [5.41, 5.74) is 4.66. The zero-order valence-electron chi connectivity index (χ0n) is 23.6. The van der Waals surface area contributed by atoms with Gasteiger partial charge in [0.05, 0.1) is 30.2 Å². The molecule has 0 unspecified atom stereocenters. The molecular weight excluding hydrogens is 574 g/mol. The largest absolute Gasteiger partial charge is 0.468 e. The monoisotopic (exact) mass is 603 g/mol. The third-order valence-electron chi connectivity index (χ3n) is 6.91. The maximum atomic E-state index is 13.1. The lowest BCUT2D eigenvalue weighted by molar-refractivity contribution is -0.138. The number of halogens is 1. The summed E-state index contributed by atoms with van der Waals surface area (Å²) in [6, 6.07) is 10.2. The number of anilines is 2. The number of nitrogens with one attached hydrogen (secondary N) is 4. The summed E-state index contributed by atoms with van der Waals surface area (Å²) in [6.45, 7) is 1.87. The van der Waals surface area contributed by atoms with Gasteiger partial charge in [-0.25, -0.2) is 4.98 Å². The summed E-state index contributed by atoms with van der Waals surface area (Å²) < 4.78 is 6.18. The molecule has 222 valence electrons. The Morgan fingerprint density at radius 2 is 2.07 bits per heavy atom. The van der Waals surface area contributed by atoms with E-state index in [0.717, 1.165) is 5.69 Å². The van der Waals surface area contributed by atoms with Gasteiger partial charge >= 0.3 is 5.97 Å². The van der Waals surface area contributed by atoms with Crippen molar-refractivity contribution in [3.63, 3.8) is 0 Å². The van der Waals surface area contributed by atoms with Crippen LogP contribution >= 0.6 is 11.6 Å². The minimum Gasteiger partial charge on any atom is -0.468 e. The Hall–Kier alpha value is -5.04. The van der Waals surface area contributed by atoms with Crippen LogP contribution < -0.4 is 16.0 Å². The molecule has 14 heteroatoms. The zero-order chi connectivity index (χ0) is 30.3. The van der Waals surface area contributed by atoms with E-state index < -0.39 is 12.0 Å². The van der Waals surface area contributed by atoms with E-state index in [1.807, 2.05) is 13.0 Å². The average Bonchev–Trinajstić information content (AvgIpc) is 3.66. The lowest BCUT2D eigenvalue weighted by Crippen LogP contribution is -2.28.